The normalized spacial score (nSPS) is 10.6. The SMILES string of the molecule is COc1cc(C=NNC(=O)C(=O)Nc2ccc(Br)cc2)ccc1OCc1ccccc1C. The number of ether oxygens (including phenoxy) is 2. The Kier molecular flexibility index (Phi) is 7.99. The summed E-state index contributed by atoms with van der Waals surface area (Å²) in [7, 11) is 1.55. The number of hydrogen-bond acceptors (Lipinski definition) is 5. The molecule has 0 fully saturated rings. The molecule has 0 radical (unpaired) electrons. The smallest absolute Gasteiger partial charge is 0.329 e. The second kappa shape index (κ2) is 11.1. The molecule has 8 heteroatoms. The van der Waals surface area contributed by atoms with Gasteiger partial charge in [-0.25, -0.2) is 5.43 Å². The number of methoxy groups -OCH3 is 1. The van der Waals surface area contributed by atoms with Gasteiger partial charge >= 0.3 is 11.8 Å². The van der Waals surface area contributed by atoms with Gasteiger partial charge in [-0.15, -0.1) is 0 Å². The second-order valence-electron chi connectivity index (χ2n) is 6.79. The zero-order valence-corrected chi connectivity index (χ0v) is 19.2. The van der Waals surface area contributed by atoms with Gasteiger partial charge in [0.25, 0.3) is 0 Å². The minimum absolute atomic E-state index is 0.417. The maximum Gasteiger partial charge on any atom is 0.329 e. The van der Waals surface area contributed by atoms with Crippen LogP contribution in [-0.4, -0.2) is 25.1 Å². The van der Waals surface area contributed by atoms with Crippen LogP contribution in [0.4, 0.5) is 5.69 Å². The van der Waals surface area contributed by atoms with E-state index in [1.54, 1.807) is 49.6 Å². The van der Waals surface area contributed by atoms with E-state index in [9.17, 15) is 9.59 Å². The van der Waals surface area contributed by atoms with Crippen LogP contribution in [0.15, 0.2) is 76.3 Å². The van der Waals surface area contributed by atoms with Crippen LogP contribution in [0, 0.1) is 6.92 Å². The summed E-state index contributed by atoms with van der Waals surface area (Å²) in [6, 6.07) is 20.1. The molecular weight excluding hydrogens is 474 g/mol. The van der Waals surface area contributed by atoms with E-state index in [1.807, 2.05) is 31.2 Å². The van der Waals surface area contributed by atoms with Gasteiger partial charge in [0.1, 0.15) is 6.61 Å². The molecule has 0 heterocycles. The van der Waals surface area contributed by atoms with Crippen molar-refractivity contribution in [3.63, 3.8) is 0 Å². The number of carbonyl (C=O) groups excluding carboxylic acids is 2. The third-order valence-electron chi connectivity index (χ3n) is 4.52. The predicted molar refractivity (Wildman–Crippen MR) is 127 cm³/mol. The van der Waals surface area contributed by atoms with Crippen LogP contribution >= 0.6 is 15.9 Å². The largest absolute Gasteiger partial charge is 0.493 e. The Labute approximate surface area is 194 Å². The Morgan fingerprint density at radius 3 is 2.47 bits per heavy atom. The topological polar surface area (TPSA) is 89.0 Å². The minimum atomic E-state index is -0.880. The number of aryl methyl sites for hydroxylation is 1. The molecule has 0 aliphatic carbocycles. The zero-order valence-electron chi connectivity index (χ0n) is 17.6. The summed E-state index contributed by atoms with van der Waals surface area (Å²) >= 11 is 3.31. The van der Waals surface area contributed by atoms with Gasteiger partial charge < -0.3 is 14.8 Å². The first-order valence-corrected chi connectivity index (χ1v) is 10.5. The lowest BCUT2D eigenvalue weighted by Gasteiger charge is -2.12. The summed E-state index contributed by atoms with van der Waals surface area (Å²) in [5.41, 5.74) is 5.61. The number of benzene rings is 3. The van der Waals surface area contributed by atoms with Gasteiger partial charge in [0.05, 0.1) is 13.3 Å². The van der Waals surface area contributed by atoms with E-state index in [1.165, 1.54) is 6.21 Å². The maximum absolute atomic E-state index is 12.0. The molecule has 2 amide bonds. The average molecular weight is 496 g/mol. The molecule has 164 valence electrons. The lowest BCUT2D eigenvalue weighted by molar-refractivity contribution is -0.136. The van der Waals surface area contributed by atoms with Gasteiger partial charge in [-0.2, -0.15) is 5.10 Å². The summed E-state index contributed by atoms with van der Waals surface area (Å²) in [5, 5.41) is 6.33. The molecule has 0 aromatic heterocycles. The van der Waals surface area contributed by atoms with E-state index < -0.39 is 11.8 Å². The van der Waals surface area contributed by atoms with Crippen molar-refractivity contribution in [1.82, 2.24) is 5.43 Å². The van der Waals surface area contributed by atoms with Crippen molar-refractivity contribution in [2.24, 2.45) is 5.10 Å². The zero-order chi connectivity index (χ0) is 22.9. The van der Waals surface area contributed by atoms with Crippen LogP contribution in [0.3, 0.4) is 0 Å². The number of amides is 2. The van der Waals surface area contributed by atoms with E-state index in [2.05, 4.69) is 31.8 Å². The maximum atomic E-state index is 12.0. The summed E-state index contributed by atoms with van der Waals surface area (Å²) in [4.78, 5) is 23.9. The molecule has 0 unspecified atom stereocenters. The third kappa shape index (κ3) is 6.42. The molecule has 2 N–H and O–H groups in total. The second-order valence-corrected chi connectivity index (χ2v) is 7.70. The summed E-state index contributed by atoms with van der Waals surface area (Å²) < 4.78 is 12.2. The van der Waals surface area contributed by atoms with Crippen molar-refractivity contribution >= 4 is 39.6 Å². The lowest BCUT2D eigenvalue weighted by Crippen LogP contribution is -2.32. The third-order valence-corrected chi connectivity index (χ3v) is 5.05. The quantitative estimate of drug-likeness (QED) is 0.288. The number of carbonyl (C=O) groups is 2. The number of nitrogens with zero attached hydrogens (tertiary/aromatic N) is 1. The number of rotatable bonds is 7. The molecule has 0 aliphatic rings. The van der Waals surface area contributed by atoms with E-state index in [4.69, 9.17) is 9.47 Å². The Hall–Kier alpha value is -3.65. The summed E-state index contributed by atoms with van der Waals surface area (Å²) in [6.45, 7) is 2.45. The number of halogens is 1. The van der Waals surface area contributed by atoms with Crippen molar-refractivity contribution < 1.29 is 19.1 Å². The van der Waals surface area contributed by atoms with Gasteiger partial charge in [0.15, 0.2) is 11.5 Å². The van der Waals surface area contributed by atoms with E-state index >= 15 is 0 Å². The van der Waals surface area contributed by atoms with Crippen LogP contribution in [0.5, 0.6) is 11.5 Å². The highest BCUT2D eigenvalue weighted by atomic mass is 79.9. The molecular formula is C24H22BrN3O4. The number of hydrogen-bond donors (Lipinski definition) is 2. The van der Waals surface area contributed by atoms with Gasteiger partial charge in [-0.05, 0) is 66.1 Å². The van der Waals surface area contributed by atoms with E-state index in [-0.39, 0.29) is 0 Å². The van der Waals surface area contributed by atoms with Gasteiger partial charge in [-0.1, -0.05) is 40.2 Å². The van der Waals surface area contributed by atoms with Crippen molar-refractivity contribution in [1.29, 1.82) is 0 Å². The van der Waals surface area contributed by atoms with Gasteiger partial charge in [-0.3, -0.25) is 9.59 Å². The molecule has 0 atom stereocenters. The predicted octanol–water partition coefficient (Wildman–Crippen LogP) is 4.43. The van der Waals surface area contributed by atoms with Crippen LogP contribution in [0.2, 0.25) is 0 Å². The molecule has 0 bridgehead atoms. The number of hydrazone groups is 1. The van der Waals surface area contributed by atoms with E-state index in [0.717, 1.165) is 15.6 Å². The van der Waals surface area contributed by atoms with Crippen molar-refractivity contribution in [3.05, 3.63) is 87.9 Å². The van der Waals surface area contributed by atoms with Crippen LogP contribution < -0.4 is 20.2 Å². The first-order chi connectivity index (χ1) is 15.5. The van der Waals surface area contributed by atoms with Gasteiger partial charge in [0, 0.05) is 10.2 Å². The van der Waals surface area contributed by atoms with Crippen LogP contribution in [-0.2, 0) is 16.2 Å². The van der Waals surface area contributed by atoms with Crippen LogP contribution in [0.25, 0.3) is 0 Å². The van der Waals surface area contributed by atoms with Crippen molar-refractivity contribution in [2.75, 3.05) is 12.4 Å². The van der Waals surface area contributed by atoms with Crippen molar-refractivity contribution in [2.45, 2.75) is 13.5 Å². The highest BCUT2D eigenvalue weighted by Gasteiger charge is 2.13. The average Bonchev–Trinajstić information content (AvgIpc) is 2.80. The highest BCUT2D eigenvalue weighted by Crippen LogP contribution is 2.28. The molecule has 3 aromatic carbocycles. The molecule has 3 aromatic rings. The first kappa shape index (κ1) is 23.0. The monoisotopic (exact) mass is 495 g/mol. The summed E-state index contributed by atoms with van der Waals surface area (Å²) in [6.07, 6.45) is 1.42. The standard InChI is InChI=1S/C24H22BrN3O4/c1-16-5-3-4-6-18(16)15-32-21-12-7-17(13-22(21)31-2)14-26-28-24(30)23(29)27-20-10-8-19(25)9-11-20/h3-14H,15H2,1-2H3,(H,27,29)(H,28,30). The lowest BCUT2D eigenvalue weighted by atomic mass is 10.1. The molecule has 0 spiro atoms. The first-order valence-electron chi connectivity index (χ1n) is 9.71. The Bertz CT molecular complexity index is 1130. The van der Waals surface area contributed by atoms with Gasteiger partial charge in [0.2, 0.25) is 0 Å². The minimum Gasteiger partial charge on any atom is -0.493 e. The fourth-order valence-corrected chi connectivity index (χ4v) is 3.01. The van der Waals surface area contributed by atoms with Crippen LogP contribution in [0.1, 0.15) is 16.7 Å². The van der Waals surface area contributed by atoms with Crippen molar-refractivity contribution in [3.8, 4) is 11.5 Å². The summed E-state index contributed by atoms with van der Waals surface area (Å²) in [5.74, 6) is -0.580. The van der Waals surface area contributed by atoms with E-state index in [0.29, 0.717) is 29.4 Å². The molecule has 3 rings (SSSR count). The Morgan fingerprint density at radius 1 is 1.00 bits per heavy atom. The molecule has 0 aliphatic heterocycles. The number of nitrogens with one attached hydrogen (secondary N) is 2. The highest BCUT2D eigenvalue weighted by molar-refractivity contribution is 9.10. The Morgan fingerprint density at radius 2 is 1.75 bits per heavy atom. The molecule has 0 saturated carbocycles. The fourth-order valence-electron chi connectivity index (χ4n) is 2.75. The fraction of sp³-hybridized carbons (Fsp3) is 0.125. The molecule has 32 heavy (non-hydrogen) atoms. The molecule has 7 nitrogen and oxygen atoms in total. The number of anilines is 1. The molecule has 0 saturated heterocycles. The Balaban J connectivity index is 1.57.